The van der Waals surface area contributed by atoms with E-state index in [0.29, 0.717) is 0 Å². The molecule has 3 heteroatoms. The van der Waals surface area contributed by atoms with Gasteiger partial charge in [-0.1, -0.05) is 105 Å². The smallest absolute Gasteiger partial charge is 0.135 e. The van der Waals surface area contributed by atoms with Gasteiger partial charge in [0.15, 0.2) is 0 Å². The van der Waals surface area contributed by atoms with Crippen LogP contribution in [0.5, 0.6) is 0 Å². The molecule has 228 valence electrons. The molecule has 8 aromatic rings. The van der Waals surface area contributed by atoms with Crippen molar-refractivity contribution in [2.45, 2.75) is 32.1 Å². The second-order valence-electron chi connectivity index (χ2n) is 13.7. The Labute approximate surface area is 278 Å². The van der Waals surface area contributed by atoms with Crippen molar-refractivity contribution in [1.82, 2.24) is 9.97 Å². The van der Waals surface area contributed by atoms with Gasteiger partial charge >= 0.3 is 0 Å². The number of benzene rings is 5. The number of hydrogen-bond acceptors (Lipinski definition) is 3. The maximum atomic E-state index is 6.09. The van der Waals surface area contributed by atoms with Gasteiger partial charge in [0.2, 0.25) is 0 Å². The zero-order valence-electron chi connectivity index (χ0n) is 26.9. The molecule has 3 aromatic heterocycles. The number of aromatic nitrogens is 2. The summed E-state index contributed by atoms with van der Waals surface area (Å²) in [5.74, 6) is 0. The van der Waals surface area contributed by atoms with Crippen molar-refractivity contribution in [1.29, 1.82) is 0 Å². The fourth-order valence-electron chi connectivity index (χ4n) is 7.99. The first kappa shape index (κ1) is 27.3. The summed E-state index contributed by atoms with van der Waals surface area (Å²) in [5.41, 5.74) is 15.9. The zero-order valence-corrected chi connectivity index (χ0v) is 26.9. The van der Waals surface area contributed by atoms with E-state index in [1.807, 2.05) is 12.1 Å². The summed E-state index contributed by atoms with van der Waals surface area (Å²) in [5, 5.41) is 4.51. The van der Waals surface area contributed by atoms with Gasteiger partial charge in [-0.05, 0) is 94.3 Å². The van der Waals surface area contributed by atoms with Crippen LogP contribution in [0.2, 0.25) is 0 Å². The third-order valence-corrected chi connectivity index (χ3v) is 10.5. The molecule has 3 heterocycles. The molecular formula is C45H32N2O. The monoisotopic (exact) mass is 616 g/mol. The maximum absolute atomic E-state index is 6.09. The largest absolute Gasteiger partial charge is 0.456 e. The molecule has 0 unspecified atom stereocenters. The molecule has 0 fully saturated rings. The SMILES string of the molecule is CC1(C)c2ccccc2-c2ccc(-c3ccc4ccc5ccc(C6=CCCC(c7ccc8oc9ccccc9c8c7)=C6)nc5c4n3)cc21. The van der Waals surface area contributed by atoms with Crippen LogP contribution in [0.3, 0.4) is 0 Å². The van der Waals surface area contributed by atoms with Gasteiger partial charge in [-0.2, -0.15) is 0 Å². The van der Waals surface area contributed by atoms with Crippen LogP contribution in [0.15, 0.2) is 138 Å². The van der Waals surface area contributed by atoms with E-state index in [4.69, 9.17) is 14.4 Å². The van der Waals surface area contributed by atoms with Gasteiger partial charge in [0.1, 0.15) is 11.2 Å². The molecule has 0 bridgehead atoms. The summed E-state index contributed by atoms with van der Waals surface area (Å²) in [7, 11) is 0. The fourth-order valence-corrected chi connectivity index (χ4v) is 7.99. The molecule has 3 nitrogen and oxygen atoms in total. The zero-order chi connectivity index (χ0) is 32.0. The molecule has 5 aromatic carbocycles. The highest BCUT2D eigenvalue weighted by molar-refractivity contribution is 6.07. The standard InChI is InChI=1S/C45H32N2O/c1-45(2)37-12-5-3-10-33(37)34-20-16-32(26-38(34)45)40-22-18-28-15-14-27-17-21-39(46-43(27)44(28)47-40)31-9-7-8-29(24-31)30-19-23-42-36(25-30)35-11-4-6-13-41(35)48-42/h3-6,9-26H,7-8H2,1-2H3. The van der Waals surface area contributed by atoms with E-state index in [-0.39, 0.29) is 5.41 Å². The van der Waals surface area contributed by atoms with Gasteiger partial charge in [0.25, 0.3) is 0 Å². The lowest BCUT2D eigenvalue weighted by molar-refractivity contribution is 0.660. The van der Waals surface area contributed by atoms with Gasteiger partial charge in [-0.25, -0.2) is 9.97 Å². The molecule has 0 radical (unpaired) electrons. The number of fused-ring (bicyclic) bond motifs is 9. The van der Waals surface area contributed by atoms with Crippen molar-refractivity contribution in [3.05, 3.63) is 156 Å². The Morgan fingerprint density at radius 2 is 1.27 bits per heavy atom. The van der Waals surface area contributed by atoms with Crippen LogP contribution in [0.1, 0.15) is 49.1 Å². The van der Waals surface area contributed by atoms with Crippen molar-refractivity contribution in [2.75, 3.05) is 0 Å². The van der Waals surface area contributed by atoms with E-state index in [9.17, 15) is 0 Å². The van der Waals surface area contributed by atoms with Crippen molar-refractivity contribution in [3.8, 4) is 22.4 Å². The molecule has 0 atom stereocenters. The number of rotatable bonds is 3. The second-order valence-corrected chi connectivity index (χ2v) is 13.7. The Morgan fingerprint density at radius 1 is 0.583 bits per heavy atom. The highest BCUT2D eigenvalue weighted by atomic mass is 16.3. The van der Waals surface area contributed by atoms with Crippen molar-refractivity contribution >= 4 is 54.9 Å². The molecule has 48 heavy (non-hydrogen) atoms. The van der Waals surface area contributed by atoms with Crippen LogP contribution < -0.4 is 0 Å². The molecule has 0 aliphatic heterocycles. The Hall–Kier alpha value is -5.80. The number of nitrogens with zero attached hydrogens (tertiary/aromatic N) is 2. The van der Waals surface area contributed by atoms with Crippen LogP contribution in [-0.2, 0) is 5.41 Å². The predicted molar refractivity (Wildman–Crippen MR) is 199 cm³/mol. The summed E-state index contributed by atoms with van der Waals surface area (Å²) >= 11 is 0. The van der Waals surface area contributed by atoms with Gasteiger partial charge < -0.3 is 4.42 Å². The van der Waals surface area contributed by atoms with E-state index >= 15 is 0 Å². The minimum Gasteiger partial charge on any atom is -0.456 e. The van der Waals surface area contributed by atoms with Gasteiger partial charge in [0.05, 0.1) is 22.4 Å². The lowest BCUT2D eigenvalue weighted by atomic mass is 9.82. The minimum atomic E-state index is -0.0555. The first-order chi connectivity index (χ1) is 23.5. The van der Waals surface area contributed by atoms with Crippen LogP contribution in [0.25, 0.3) is 77.3 Å². The molecule has 0 saturated carbocycles. The molecule has 0 amide bonds. The van der Waals surface area contributed by atoms with Crippen molar-refractivity contribution in [3.63, 3.8) is 0 Å². The predicted octanol–water partition coefficient (Wildman–Crippen LogP) is 11.9. The Balaban J connectivity index is 1.05. The lowest BCUT2D eigenvalue weighted by Gasteiger charge is -2.21. The molecule has 0 saturated heterocycles. The molecule has 2 aliphatic carbocycles. The molecular weight excluding hydrogens is 585 g/mol. The number of hydrogen-bond donors (Lipinski definition) is 0. The van der Waals surface area contributed by atoms with Crippen LogP contribution in [-0.4, -0.2) is 9.97 Å². The number of pyridine rings is 2. The van der Waals surface area contributed by atoms with Crippen molar-refractivity contribution < 1.29 is 4.42 Å². The minimum absolute atomic E-state index is 0.0555. The number of allylic oxidation sites excluding steroid dienone is 4. The van der Waals surface area contributed by atoms with E-state index < -0.39 is 0 Å². The Morgan fingerprint density at radius 3 is 2.15 bits per heavy atom. The Bertz CT molecular complexity index is 2710. The van der Waals surface area contributed by atoms with E-state index in [1.54, 1.807) is 0 Å². The van der Waals surface area contributed by atoms with Crippen LogP contribution in [0, 0.1) is 0 Å². The average Bonchev–Trinajstić information content (AvgIpc) is 3.62. The van der Waals surface area contributed by atoms with E-state index in [2.05, 4.69) is 135 Å². The highest BCUT2D eigenvalue weighted by Gasteiger charge is 2.35. The number of furan rings is 1. The summed E-state index contributed by atoms with van der Waals surface area (Å²) < 4.78 is 6.09. The van der Waals surface area contributed by atoms with Crippen LogP contribution >= 0.6 is 0 Å². The summed E-state index contributed by atoms with van der Waals surface area (Å²) in [6, 6.07) is 43.4. The summed E-state index contributed by atoms with van der Waals surface area (Å²) in [6.45, 7) is 4.65. The third-order valence-electron chi connectivity index (χ3n) is 10.5. The normalized spacial score (nSPS) is 15.1. The van der Waals surface area contributed by atoms with Gasteiger partial charge in [-0.3, -0.25) is 0 Å². The second kappa shape index (κ2) is 10.1. The highest BCUT2D eigenvalue weighted by Crippen LogP contribution is 2.49. The molecule has 0 spiro atoms. The maximum Gasteiger partial charge on any atom is 0.135 e. The summed E-state index contributed by atoms with van der Waals surface area (Å²) in [6.07, 6.45) is 6.60. The quantitative estimate of drug-likeness (QED) is 0.185. The Kier molecular flexibility index (Phi) is 5.75. The fraction of sp³-hybridized carbons (Fsp3) is 0.111. The van der Waals surface area contributed by atoms with Crippen molar-refractivity contribution in [2.24, 2.45) is 0 Å². The first-order valence-electron chi connectivity index (χ1n) is 16.8. The van der Waals surface area contributed by atoms with Gasteiger partial charge in [-0.15, -0.1) is 0 Å². The molecule has 0 N–H and O–H groups in total. The average molecular weight is 617 g/mol. The molecule has 10 rings (SSSR count). The van der Waals surface area contributed by atoms with E-state index in [0.717, 1.165) is 79.1 Å². The number of para-hydroxylation sites is 1. The molecule has 2 aliphatic rings. The lowest BCUT2D eigenvalue weighted by Crippen LogP contribution is -2.14. The van der Waals surface area contributed by atoms with E-state index in [1.165, 1.54) is 33.4 Å². The topological polar surface area (TPSA) is 38.9 Å². The summed E-state index contributed by atoms with van der Waals surface area (Å²) in [4.78, 5) is 10.6. The first-order valence-corrected chi connectivity index (χ1v) is 16.8. The van der Waals surface area contributed by atoms with Crippen LogP contribution in [0.4, 0.5) is 0 Å². The van der Waals surface area contributed by atoms with Gasteiger partial charge in [0, 0.05) is 32.5 Å². The third kappa shape index (κ3) is 4.07.